The van der Waals surface area contributed by atoms with Crippen LogP contribution in [0.25, 0.3) is 0 Å². The van der Waals surface area contributed by atoms with Crippen molar-refractivity contribution in [1.29, 1.82) is 0 Å². The lowest BCUT2D eigenvalue weighted by molar-refractivity contribution is -0.125. The molecule has 1 atom stereocenters. The molecule has 1 N–H and O–H groups in total. The van der Waals surface area contributed by atoms with Gasteiger partial charge in [0.15, 0.2) is 0 Å². The molecule has 1 saturated heterocycles. The normalized spacial score (nSPS) is 17.3. The van der Waals surface area contributed by atoms with Crippen LogP contribution in [-0.2, 0) is 26.3 Å². The Morgan fingerprint density at radius 3 is 2.47 bits per heavy atom. The van der Waals surface area contributed by atoms with Gasteiger partial charge in [-0.2, -0.15) is 11.8 Å². The highest BCUT2D eigenvalue weighted by atomic mass is 35.5. The van der Waals surface area contributed by atoms with Crippen molar-refractivity contribution in [3.05, 3.63) is 68.7 Å². The fraction of sp³-hybridized carbons (Fsp3) is 0.409. The van der Waals surface area contributed by atoms with Gasteiger partial charge in [-0.15, -0.1) is 0 Å². The minimum atomic E-state index is -3.64. The highest BCUT2D eigenvalue weighted by Gasteiger charge is 2.33. The van der Waals surface area contributed by atoms with Gasteiger partial charge in [0, 0.05) is 51.8 Å². The maximum atomic E-state index is 12.9. The van der Waals surface area contributed by atoms with E-state index in [1.165, 1.54) is 9.87 Å². The summed E-state index contributed by atoms with van der Waals surface area (Å²) in [4.78, 5) is 12.6. The smallest absolute Gasteiger partial charge is 0.224 e. The number of halogens is 3. The first-order valence-electron chi connectivity index (χ1n) is 10.3. The molecule has 1 amide bonds. The van der Waals surface area contributed by atoms with Crippen LogP contribution >= 0.6 is 46.6 Å². The van der Waals surface area contributed by atoms with E-state index in [1.807, 2.05) is 24.3 Å². The lowest BCUT2D eigenvalue weighted by atomic mass is 9.99. The number of nitrogens with zero attached hydrogens (tertiary/aromatic N) is 1. The average molecular weight is 536 g/mol. The molecule has 2 aromatic carbocycles. The number of piperidine rings is 1. The molecule has 0 bridgehead atoms. The third-order valence-electron chi connectivity index (χ3n) is 5.26. The third kappa shape index (κ3) is 7.27. The molecule has 1 heterocycles. The number of carbonyl (C=O) groups excluding carboxylic acids is 1. The molecule has 3 rings (SSSR count). The minimum absolute atomic E-state index is 0.104. The highest BCUT2D eigenvalue weighted by Crippen LogP contribution is 2.29. The van der Waals surface area contributed by atoms with Crippen LogP contribution in [0.1, 0.15) is 24.0 Å². The zero-order valence-electron chi connectivity index (χ0n) is 17.4. The second kappa shape index (κ2) is 12.0. The Bertz CT molecular complexity index is 1010. The summed E-state index contributed by atoms with van der Waals surface area (Å²) in [7, 11) is -3.64. The number of thioether (sulfide) groups is 1. The van der Waals surface area contributed by atoms with Crippen molar-refractivity contribution in [1.82, 2.24) is 9.62 Å². The van der Waals surface area contributed by atoms with Gasteiger partial charge in [0.05, 0.1) is 11.7 Å². The predicted octanol–water partition coefficient (Wildman–Crippen LogP) is 5.24. The minimum Gasteiger partial charge on any atom is -0.355 e. The molecular formula is C22H25Cl3N2O3S2. The largest absolute Gasteiger partial charge is 0.355 e. The number of benzene rings is 2. The molecule has 32 heavy (non-hydrogen) atoms. The van der Waals surface area contributed by atoms with Crippen LogP contribution in [0.3, 0.4) is 0 Å². The maximum Gasteiger partial charge on any atom is 0.224 e. The van der Waals surface area contributed by atoms with Crippen molar-refractivity contribution < 1.29 is 13.2 Å². The summed E-state index contributed by atoms with van der Waals surface area (Å²) in [6, 6.07) is 12.6. The fourth-order valence-corrected chi connectivity index (χ4v) is 6.82. The summed E-state index contributed by atoms with van der Waals surface area (Å²) in [6.07, 6.45) is 1.31. The maximum absolute atomic E-state index is 12.9. The molecule has 1 aliphatic heterocycles. The second-order valence-electron chi connectivity index (χ2n) is 7.62. The highest BCUT2D eigenvalue weighted by molar-refractivity contribution is 7.98. The molecular weight excluding hydrogens is 511 g/mol. The molecule has 10 heteroatoms. The number of carbonyl (C=O) groups is 1. The van der Waals surface area contributed by atoms with E-state index in [-0.39, 0.29) is 24.1 Å². The Kier molecular flexibility index (Phi) is 9.58. The molecule has 0 unspecified atom stereocenters. The summed E-state index contributed by atoms with van der Waals surface area (Å²) in [5, 5.41) is 4.30. The van der Waals surface area contributed by atoms with Gasteiger partial charge in [0.2, 0.25) is 15.9 Å². The topological polar surface area (TPSA) is 66.5 Å². The van der Waals surface area contributed by atoms with Crippen molar-refractivity contribution >= 4 is 62.5 Å². The summed E-state index contributed by atoms with van der Waals surface area (Å²) in [6.45, 7) is 1.11. The molecule has 0 aromatic heterocycles. The lowest BCUT2D eigenvalue weighted by Gasteiger charge is -2.31. The van der Waals surface area contributed by atoms with Crippen LogP contribution in [-0.4, -0.2) is 44.0 Å². The Hall–Kier alpha value is -0.960. The number of nitrogens with one attached hydrogen (secondary N) is 1. The van der Waals surface area contributed by atoms with Crippen molar-refractivity contribution in [2.75, 3.05) is 25.4 Å². The number of hydrogen-bond donors (Lipinski definition) is 1. The lowest BCUT2D eigenvalue weighted by Crippen LogP contribution is -2.46. The van der Waals surface area contributed by atoms with E-state index in [9.17, 15) is 13.2 Å². The van der Waals surface area contributed by atoms with Gasteiger partial charge in [0.1, 0.15) is 0 Å². The molecule has 2 aromatic rings. The van der Waals surface area contributed by atoms with Gasteiger partial charge >= 0.3 is 0 Å². The fourth-order valence-electron chi connectivity index (χ4n) is 3.51. The molecule has 5 nitrogen and oxygen atoms in total. The van der Waals surface area contributed by atoms with Gasteiger partial charge in [-0.25, -0.2) is 12.7 Å². The van der Waals surface area contributed by atoms with Crippen LogP contribution < -0.4 is 5.32 Å². The zero-order valence-corrected chi connectivity index (χ0v) is 21.3. The first kappa shape index (κ1) is 25.7. The van der Waals surface area contributed by atoms with Crippen LogP contribution in [0.2, 0.25) is 15.1 Å². The Morgan fingerprint density at radius 1 is 1.09 bits per heavy atom. The van der Waals surface area contributed by atoms with Gasteiger partial charge in [-0.05, 0) is 42.7 Å². The first-order valence-corrected chi connectivity index (χ1v) is 14.2. The third-order valence-corrected chi connectivity index (χ3v) is 9.03. The number of hydrogen-bond acceptors (Lipinski definition) is 4. The van der Waals surface area contributed by atoms with Crippen molar-refractivity contribution in [2.45, 2.75) is 24.3 Å². The quantitative estimate of drug-likeness (QED) is 0.446. The molecule has 174 valence electrons. The second-order valence-corrected chi connectivity index (χ2v) is 11.9. The summed E-state index contributed by atoms with van der Waals surface area (Å²) in [5.74, 6) is 0.872. The Morgan fingerprint density at radius 2 is 1.78 bits per heavy atom. The molecule has 0 saturated carbocycles. The molecule has 0 radical (unpaired) electrons. The summed E-state index contributed by atoms with van der Waals surface area (Å²) < 4.78 is 27.3. The van der Waals surface area contributed by atoms with Gasteiger partial charge < -0.3 is 5.32 Å². The summed E-state index contributed by atoms with van der Waals surface area (Å²) in [5.41, 5.74) is 1.57. The SMILES string of the molecule is O=C(NCCSCc1ccc(Cl)cc1)[C@@H]1CCCN(S(=O)(=O)Cc2c(Cl)cccc2Cl)C1. The Balaban J connectivity index is 1.47. The first-order chi connectivity index (χ1) is 15.3. The van der Waals surface area contributed by atoms with Crippen LogP contribution in [0.15, 0.2) is 42.5 Å². The van der Waals surface area contributed by atoms with E-state index in [1.54, 1.807) is 30.0 Å². The predicted molar refractivity (Wildman–Crippen MR) is 134 cm³/mol. The van der Waals surface area contributed by atoms with Gasteiger partial charge in [-0.3, -0.25) is 4.79 Å². The van der Waals surface area contributed by atoms with E-state index >= 15 is 0 Å². The number of rotatable bonds is 9. The molecule has 1 aliphatic rings. The van der Waals surface area contributed by atoms with Crippen molar-refractivity contribution in [2.24, 2.45) is 5.92 Å². The van der Waals surface area contributed by atoms with Gasteiger partial charge in [-0.1, -0.05) is 53.0 Å². The van der Waals surface area contributed by atoms with Crippen molar-refractivity contribution in [3.8, 4) is 0 Å². The summed E-state index contributed by atoms with van der Waals surface area (Å²) >= 11 is 19.9. The van der Waals surface area contributed by atoms with Crippen molar-refractivity contribution in [3.63, 3.8) is 0 Å². The molecule has 1 fully saturated rings. The standard InChI is InChI=1S/C22H25Cl3N2O3S2/c23-18-8-6-16(7-9-18)14-31-12-10-26-22(28)17-3-2-11-27(13-17)32(29,30)15-19-20(24)4-1-5-21(19)25/h1,4-9,17H,2-3,10-15H2,(H,26,28)/t17-/m1/s1. The van der Waals surface area contributed by atoms with Crippen LogP contribution in [0, 0.1) is 5.92 Å². The average Bonchev–Trinajstić information content (AvgIpc) is 2.77. The number of amides is 1. The van der Waals surface area contributed by atoms with E-state index in [4.69, 9.17) is 34.8 Å². The van der Waals surface area contributed by atoms with E-state index < -0.39 is 10.0 Å². The molecule has 0 spiro atoms. The van der Waals surface area contributed by atoms with E-state index in [0.29, 0.717) is 46.6 Å². The van der Waals surface area contributed by atoms with E-state index in [0.717, 1.165) is 11.5 Å². The monoisotopic (exact) mass is 534 g/mol. The van der Waals surface area contributed by atoms with E-state index in [2.05, 4.69) is 5.32 Å². The van der Waals surface area contributed by atoms with Gasteiger partial charge in [0.25, 0.3) is 0 Å². The van der Waals surface area contributed by atoms with Crippen LogP contribution in [0.4, 0.5) is 0 Å². The Labute approximate surface area is 208 Å². The number of sulfonamides is 1. The van der Waals surface area contributed by atoms with Crippen LogP contribution in [0.5, 0.6) is 0 Å². The zero-order chi connectivity index (χ0) is 23.1. The molecule has 0 aliphatic carbocycles.